The van der Waals surface area contributed by atoms with E-state index in [0.717, 1.165) is 11.1 Å². The van der Waals surface area contributed by atoms with E-state index in [1.807, 2.05) is 60.7 Å². The van der Waals surface area contributed by atoms with Crippen molar-refractivity contribution in [1.29, 1.82) is 0 Å². The molecule has 4 aromatic carbocycles. The van der Waals surface area contributed by atoms with Gasteiger partial charge in [0.2, 0.25) is 0 Å². The number of aliphatic carboxylic acids is 2. The van der Waals surface area contributed by atoms with Crippen LogP contribution in [0.4, 0.5) is 9.59 Å². The van der Waals surface area contributed by atoms with Crippen LogP contribution in [0.25, 0.3) is 0 Å². The summed E-state index contributed by atoms with van der Waals surface area (Å²) in [5.41, 5.74) is 1.57. The number of para-hydroxylation sites is 2. The topological polar surface area (TPSA) is 158 Å². The Morgan fingerprint density at radius 2 is 0.854 bits per heavy atom. The van der Waals surface area contributed by atoms with Gasteiger partial charge < -0.3 is 40.1 Å². The average Bonchev–Trinajstić information content (AvgIpc) is 3.07. The second kappa shape index (κ2) is 15.0. The van der Waals surface area contributed by atoms with Crippen molar-refractivity contribution in [3.63, 3.8) is 0 Å². The lowest BCUT2D eigenvalue weighted by molar-refractivity contribution is -0.165. The monoisotopic (exact) mass is 652 g/mol. The molecule has 48 heavy (non-hydrogen) atoms. The van der Waals surface area contributed by atoms with Gasteiger partial charge in [0.05, 0.1) is 23.9 Å². The molecule has 12 nitrogen and oxygen atoms in total. The summed E-state index contributed by atoms with van der Waals surface area (Å²) >= 11 is 0. The summed E-state index contributed by atoms with van der Waals surface area (Å²) in [6, 6.07) is 29.3. The van der Waals surface area contributed by atoms with Crippen LogP contribution < -0.4 is 20.1 Å². The van der Waals surface area contributed by atoms with Crippen LogP contribution in [-0.2, 0) is 22.7 Å². The number of ether oxygens (including phenoxy) is 2. The second-order valence-electron chi connectivity index (χ2n) is 11.5. The SMILES string of the molecule is CN(Cc1ccc(Oc2ccccc2)cc1)C(=O)NC1C(NC(=O)N(C)Cc2ccc(Oc3ccccc3)cc2)C(C(=O)O)C1C(=O)O. The fraction of sp³-hybridized carbons (Fsp3) is 0.222. The van der Waals surface area contributed by atoms with Gasteiger partial charge in [-0.3, -0.25) is 9.59 Å². The molecule has 1 fully saturated rings. The number of hydrogen-bond acceptors (Lipinski definition) is 6. The Kier molecular flexibility index (Phi) is 10.4. The highest BCUT2D eigenvalue weighted by Gasteiger charge is 2.59. The largest absolute Gasteiger partial charge is 0.481 e. The first kappa shape index (κ1) is 33.3. The van der Waals surface area contributed by atoms with E-state index < -0.39 is 47.9 Å². The lowest BCUT2D eigenvalue weighted by Crippen LogP contribution is -2.74. The van der Waals surface area contributed by atoms with Gasteiger partial charge in [-0.05, 0) is 59.7 Å². The zero-order valence-corrected chi connectivity index (χ0v) is 26.4. The van der Waals surface area contributed by atoms with Crippen molar-refractivity contribution in [2.75, 3.05) is 14.1 Å². The van der Waals surface area contributed by atoms with Crippen molar-refractivity contribution in [2.24, 2.45) is 11.8 Å². The first-order chi connectivity index (χ1) is 23.1. The van der Waals surface area contributed by atoms with E-state index in [2.05, 4.69) is 10.6 Å². The first-order valence-electron chi connectivity index (χ1n) is 15.2. The van der Waals surface area contributed by atoms with Gasteiger partial charge in [0.25, 0.3) is 0 Å². The van der Waals surface area contributed by atoms with Gasteiger partial charge in [-0.2, -0.15) is 0 Å². The molecule has 0 spiro atoms. The first-order valence-corrected chi connectivity index (χ1v) is 15.2. The van der Waals surface area contributed by atoms with E-state index in [0.29, 0.717) is 23.0 Å². The minimum atomic E-state index is -1.44. The number of carbonyl (C=O) groups excluding carboxylic acids is 2. The third-order valence-electron chi connectivity index (χ3n) is 8.04. The van der Waals surface area contributed by atoms with Crippen molar-refractivity contribution < 1.29 is 38.9 Å². The lowest BCUT2D eigenvalue weighted by atomic mass is 9.64. The summed E-state index contributed by atoms with van der Waals surface area (Å²) in [5.74, 6) is -3.05. The van der Waals surface area contributed by atoms with Crippen LogP contribution in [0.3, 0.4) is 0 Å². The summed E-state index contributed by atoms with van der Waals surface area (Å²) in [6.07, 6.45) is 0. The molecule has 4 atom stereocenters. The summed E-state index contributed by atoms with van der Waals surface area (Å²) in [7, 11) is 3.06. The highest BCUT2D eigenvalue weighted by atomic mass is 16.5. The number of hydrogen-bond donors (Lipinski definition) is 4. The van der Waals surface area contributed by atoms with E-state index in [1.54, 1.807) is 48.5 Å². The van der Waals surface area contributed by atoms with Crippen molar-refractivity contribution >= 4 is 24.0 Å². The number of amides is 4. The predicted octanol–water partition coefficient (Wildman–Crippen LogP) is 5.41. The van der Waals surface area contributed by atoms with Gasteiger partial charge in [0, 0.05) is 27.2 Å². The molecule has 1 saturated carbocycles. The second-order valence-corrected chi connectivity index (χ2v) is 11.5. The molecule has 0 heterocycles. The van der Waals surface area contributed by atoms with E-state index in [-0.39, 0.29) is 13.1 Å². The molecular formula is C36H36N4O8. The number of carboxylic acid groups (broad SMARTS) is 2. The van der Waals surface area contributed by atoms with Gasteiger partial charge in [-0.1, -0.05) is 60.7 Å². The Morgan fingerprint density at radius 1 is 0.542 bits per heavy atom. The summed E-state index contributed by atoms with van der Waals surface area (Å²) < 4.78 is 11.6. The number of carboxylic acids is 2. The van der Waals surface area contributed by atoms with Crippen LogP contribution in [-0.4, -0.2) is 70.2 Å². The number of nitrogens with zero attached hydrogens (tertiary/aromatic N) is 2. The molecule has 4 N–H and O–H groups in total. The average molecular weight is 653 g/mol. The molecule has 248 valence electrons. The Balaban J connectivity index is 1.18. The molecule has 12 heteroatoms. The smallest absolute Gasteiger partial charge is 0.317 e. The van der Waals surface area contributed by atoms with Crippen LogP contribution in [0, 0.1) is 11.8 Å². The molecular weight excluding hydrogens is 616 g/mol. The van der Waals surface area contributed by atoms with Gasteiger partial charge in [-0.25, -0.2) is 9.59 Å². The zero-order chi connectivity index (χ0) is 34.2. The molecule has 0 aromatic heterocycles. The van der Waals surface area contributed by atoms with Crippen molar-refractivity contribution in [1.82, 2.24) is 20.4 Å². The third-order valence-corrected chi connectivity index (χ3v) is 8.04. The standard InChI is InChI=1S/C36H36N4O8/c1-39(21-23-13-17-27(18-14-23)47-25-9-5-3-6-10-25)35(45)37-31-29(33(41)42)30(34(43)44)32(31)38-36(46)40(2)22-24-15-19-28(20-16-24)48-26-11-7-4-8-12-26/h3-20,29-32H,21-22H2,1-2H3,(H,37,45)(H,38,46)(H,41,42)(H,43,44). The molecule has 0 saturated heterocycles. The number of urea groups is 2. The van der Waals surface area contributed by atoms with Gasteiger partial charge in [0.1, 0.15) is 23.0 Å². The number of rotatable bonds is 12. The maximum atomic E-state index is 13.2. The molecule has 4 amide bonds. The highest BCUT2D eigenvalue weighted by Crippen LogP contribution is 2.36. The predicted molar refractivity (Wildman–Crippen MR) is 176 cm³/mol. The molecule has 0 aliphatic heterocycles. The Labute approximate surface area is 277 Å². The van der Waals surface area contributed by atoms with Crippen molar-refractivity contribution in [3.8, 4) is 23.0 Å². The number of carbonyl (C=O) groups is 4. The fourth-order valence-corrected chi connectivity index (χ4v) is 5.49. The lowest BCUT2D eigenvalue weighted by Gasteiger charge is -2.48. The van der Waals surface area contributed by atoms with E-state index >= 15 is 0 Å². The molecule has 5 rings (SSSR count). The quantitative estimate of drug-likeness (QED) is 0.158. The molecule has 0 bridgehead atoms. The minimum absolute atomic E-state index is 0.180. The molecule has 1 aliphatic rings. The van der Waals surface area contributed by atoms with Crippen LogP contribution in [0.15, 0.2) is 109 Å². The number of benzene rings is 4. The number of nitrogens with one attached hydrogen (secondary N) is 2. The molecule has 0 radical (unpaired) electrons. The summed E-state index contributed by atoms with van der Waals surface area (Å²) in [5, 5.41) is 25.0. The van der Waals surface area contributed by atoms with E-state index in [9.17, 15) is 29.4 Å². The Hall–Kier alpha value is -6.04. The van der Waals surface area contributed by atoms with Crippen molar-refractivity contribution in [2.45, 2.75) is 25.2 Å². The minimum Gasteiger partial charge on any atom is -0.481 e. The highest BCUT2D eigenvalue weighted by molar-refractivity contribution is 5.87. The Bertz CT molecular complexity index is 1590. The molecule has 4 aromatic rings. The normalized spacial score (nSPS) is 18.0. The fourth-order valence-electron chi connectivity index (χ4n) is 5.49. The van der Waals surface area contributed by atoms with Crippen LogP contribution in [0.5, 0.6) is 23.0 Å². The Morgan fingerprint density at radius 3 is 1.17 bits per heavy atom. The van der Waals surface area contributed by atoms with Gasteiger partial charge in [-0.15, -0.1) is 0 Å². The maximum absolute atomic E-state index is 13.2. The third kappa shape index (κ3) is 8.21. The van der Waals surface area contributed by atoms with Gasteiger partial charge in [0.15, 0.2) is 0 Å². The summed E-state index contributed by atoms with van der Waals surface area (Å²) in [6.45, 7) is 0.360. The van der Waals surface area contributed by atoms with Crippen molar-refractivity contribution in [3.05, 3.63) is 120 Å². The van der Waals surface area contributed by atoms with Crippen LogP contribution >= 0.6 is 0 Å². The molecule has 4 unspecified atom stereocenters. The molecule has 1 aliphatic carbocycles. The summed E-state index contributed by atoms with van der Waals surface area (Å²) in [4.78, 5) is 53.2. The van der Waals surface area contributed by atoms with Gasteiger partial charge >= 0.3 is 24.0 Å². The van der Waals surface area contributed by atoms with Crippen LogP contribution in [0.2, 0.25) is 0 Å². The zero-order valence-electron chi connectivity index (χ0n) is 26.4. The van der Waals surface area contributed by atoms with E-state index in [1.165, 1.54) is 23.9 Å². The maximum Gasteiger partial charge on any atom is 0.317 e. The van der Waals surface area contributed by atoms with E-state index in [4.69, 9.17) is 9.47 Å². The van der Waals surface area contributed by atoms with Crippen LogP contribution in [0.1, 0.15) is 11.1 Å².